The maximum atomic E-state index is 13.4. The van der Waals surface area contributed by atoms with Crippen molar-refractivity contribution >= 4 is 43.5 Å². The number of anilines is 1. The Kier molecular flexibility index (Phi) is 10.1. The molecule has 9 heteroatoms. The Balaban J connectivity index is 2.22. The molecule has 1 N–H and O–H groups in total. The molecule has 2 rings (SSSR count). The highest BCUT2D eigenvalue weighted by atomic mass is 79.9. The first kappa shape index (κ1) is 29.8. The lowest BCUT2D eigenvalue weighted by Crippen LogP contribution is -2.52. The Hall–Kier alpha value is -2.39. The summed E-state index contributed by atoms with van der Waals surface area (Å²) >= 11 is 3.42. The van der Waals surface area contributed by atoms with Crippen molar-refractivity contribution in [1.82, 2.24) is 10.2 Å². The van der Waals surface area contributed by atoms with E-state index in [-0.39, 0.29) is 31.3 Å². The van der Waals surface area contributed by atoms with Gasteiger partial charge < -0.3 is 10.2 Å². The molecule has 0 heterocycles. The molecule has 0 aromatic heterocycles. The third-order valence-corrected chi connectivity index (χ3v) is 7.43. The number of carbonyl (C=O) groups is 2. The van der Waals surface area contributed by atoms with E-state index < -0.39 is 21.6 Å². The zero-order chi connectivity index (χ0) is 27.3. The minimum atomic E-state index is -3.54. The van der Waals surface area contributed by atoms with Crippen molar-refractivity contribution in [3.8, 4) is 0 Å². The van der Waals surface area contributed by atoms with Crippen molar-refractivity contribution in [2.75, 3.05) is 17.1 Å². The summed E-state index contributed by atoms with van der Waals surface area (Å²) in [6.45, 7) is 11.6. The van der Waals surface area contributed by atoms with E-state index in [1.165, 1.54) is 10.6 Å². The first-order valence-electron chi connectivity index (χ1n) is 12.0. The smallest absolute Gasteiger partial charge is 0.242 e. The van der Waals surface area contributed by atoms with E-state index in [9.17, 15) is 18.0 Å². The average molecular weight is 581 g/mol. The molecule has 1 unspecified atom stereocenters. The molecule has 0 saturated carbocycles. The van der Waals surface area contributed by atoms with E-state index in [2.05, 4.69) is 21.2 Å². The number of nitrogens with one attached hydrogen (secondary N) is 1. The monoisotopic (exact) mass is 579 g/mol. The van der Waals surface area contributed by atoms with Gasteiger partial charge in [0.2, 0.25) is 21.8 Å². The van der Waals surface area contributed by atoms with Crippen LogP contribution in [-0.4, -0.2) is 49.5 Å². The molecule has 0 aliphatic carbocycles. The van der Waals surface area contributed by atoms with Gasteiger partial charge in [-0.25, -0.2) is 8.42 Å². The van der Waals surface area contributed by atoms with E-state index in [1.54, 1.807) is 11.8 Å². The van der Waals surface area contributed by atoms with Crippen molar-refractivity contribution in [3.05, 3.63) is 63.6 Å². The average Bonchev–Trinajstić information content (AvgIpc) is 2.75. The lowest BCUT2D eigenvalue weighted by atomic mass is 10.1. The van der Waals surface area contributed by atoms with Gasteiger partial charge >= 0.3 is 0 Å². The molecule has 36 heavy (non-hydrogen) atoms. The van der Waals surface area contributed by atoms with Crippen molar-refractivity contribution in [2.45, 2.75) is 72.5 Å². The molecule has 0 spiro atoms. The first-order valence-corrected chi connectivity index (χ1v) is 14.6. The highest BCUT2D eigenvalue weighted by molar-refractivity contribution is 9.10. The molecule has 0 bridgehead atoms. The molecule has 2 aromatic carbocycles. The standard InChI is InChI=1S/C27H38BrN3O4S/c1-19-10-11-20(2)24(17-19)31(36(7,34)35)16-8-9-25(32)30(18-22-12-14-23(28)15-13-22)21(3)26(33)29-27(4,5)6/h10-15,17,21H,8-9,16,18H2,1-7H3,(H,29,33). The summed E-state index contributed by atoms with van der Waals surface area (Å²) in [4.78, 5) is 27.9. The quantitative estimate of drug-likeness (QED) is 0.431. The van der Waals surface area contributed by atoms with Gasteiger partial charge in [0.1, 0.15) is 6.04 Å². The third kappa shape index (κ3) is 8.92. The van der Waals surface area contributed by atoms with Crippen LogP contribution in [0.4, 0.5) is 5.69 Å². The lowest BCUT2D eigenvalue weighted by molar-refractivity contribution is -0.141. The Labute approximate surface area is 224 Å². The van der Waals surface area contributed by atoms with E-state index in [1.807, 2.05) is 77.1 Å². The predicted molar refractivity (Wildman–Crippen MR) is 149 cm³/mol. The van der Waals surface area contributed by atoms with Crippen molar-refractivity contribution < 1.29 is 18.0 Å². The Morgan fingerprint density at radius 2 is 1.67 bits per heavy atom. The number of hydrogen-bond donors (Lipinski definition) is 1. The summed E-state index contributed by atoms with van der Waals surface area (Å²) in [6, 6.07) is 12.6. The molecule has 2 aromatic rings. The Morgan fingerprint density at radius 1 is 1.06 bits per heavy atom. The third-order valence-electron chi connectivity index (χ3n) is 5.72. The zero-order valence-electron chi connectivity index (χ0n) is 22.3. The van der Waals surface area contributed by atoms with E-state index >= 15 is 0 Å². The molecule has 0 aliphatic heterocycles. The highest BCUT2D eigenvalue weighted by Crippen LogP contribution is 2.25. The van der Waals surface area contributed by atoms with Gasteiger partial charge in [0.15, 0.2) is 0 Å². The lowest BCUT2D eigenvalue weighted by Gasteiger charge is -2.32. The summed E-state index contributed by atoms with van der Waals surface area (Å²) in [7, 11) is -3.54. The van der Waals surface area contributed by atoms with Crippen LogP contribution < -0.4 is 9.62 Å². The number of hydrogen-bond acceptors (Lipinski definition) is 4. The fourth-order valence-corrected chi connectivity index (χ4v) is 5.09. The van der Waals surface area contributed by atoms with Crippen LogP contribution in [0.2, 0.25) is 0 Å². The maximum absolute atomic E-state index is 13.4. The summed E-state index contributed by atoms with van der Waals surface area (Å²) < 4.78 is 27.4. The second kappa shape index (κ2) is 12.2. The van der Waals surface area contributed by atoms with Crippen LogP contribution in [0, 0.1) is 13.8 Å². The second-order valence-electron chi connectivity index (χ2n) is 10.3. The maximum Gasteiger partial charge on any atom is 0.242 e. The van der Waals surface area contributed by atoms with Gasteiger partial charge in [0, 0.05) is 29.5 Å². The van der Waals surface area contributed by atoms with Crippen LogP contribution >= 0.6 is 15.9 Å². The number of benzene rings is 2. The molecule has 7 nitrogen and oxygen atoms in total. The minimum Gasteiger partial charge on any atom is -0.350 e. The largest absolute Gasteiger partial charge is 0.350 e. The number of carbonyl (C=O) groups excluding carboxylic acids is 2. The normalized spacial score (nSPS) is 12.7. The van der Waals surface area contributed by atoms with Gasteiger partial charge in [-0.05, 0) is 82.9 Å². The van der Waals surface area contributed by atoms with E-state index in [0.29, 0.717) is 12.1 Å². The van der Waals surface area contributed by atoms with Gasteiger partial charge in [-0.1, -0.05) is 40.2 Å². The second-order valence-corrected chi connectivity index (χ2v) is 13.1. The number of amides is 2. The topological polar surface area (TPSA) is 86.8 Å². The minimum absolute atomic E-state index is 0.112. The Bertz CT molecular complexity index is 1170. The predicted octanol–water partition coefficient (Wildman–Crippen LogP) is 4.94. The molecule has 0 saturated heterocycles. The molecule has 0 radical (unpaired) electrons. The number of rotatable bonds is 10. The fraction of sp³-hybridized carbons (Fsp3) is 0.481. The van der Waals surface area contributed by atoms with Crippen LogP contribution in [0.3, 0.4) is 0 Å². The van der Waals surface area contributed by atoms with Gasteiger partial charge in [-0.15, -0.1) is 0 Å². The molecular weight excluding hydrogens is 542 g/mol. The van der Waals surface area contributed by atoms with Gasteiger partial charge in [0.05, 0.1) is 11.9 Å². The summed E-state index contributed by atoms with van der Waals surface area (Å²) in [6.07, 6.45) is 1.61. The molecule has 198 valence electrons. The number of nitrogens with zero attached hydrogens (tertiary/aromatic N) is 2. The van der Waals surface area contributed by atoms with Gasteiger partial charge in [-0.2, -0.15) is 0 Å². The first-order chi connectivity index (χ1) is 16.6. The van der Waals surface area contributed by atoms with Crippen molar-refractivity contribution in [3.63, 3.8) is 0 Å². The van der Waals surface area contributed by atoms with Crippen molar-refractivity contribution in [1.29, 1.82) is 0 Å². The molecule has 0 aliphatic rings. The van der Waals surface area contributed by atoms with Crippen LogP contribution in [0.15, 0.2) is 46.9 Å². The van der Waals surface area contributed by atoms with Crippen LogP contribution in [-0.2, 0) is 26.2 Å². The van der Waals surface area contributed by atoms with E-state index in [0.717, 1.165) is 21.2 Å². The van der Waals surface area contributed by atoms with Gasteiger partial charge in [0.25, 0.3) is 0 Å². The number of sulfonamides is 1. The molecular formula is C27H38BrN3O4S. The fourth-order valence-electron chi connectivity index (χ4n) is 3.81. The van der Waals surface area contributed by atoms with Gasteiger partial charge in [-0.3, -0.25) is 13.9 Å². The SMILES string of the molecule is Cc1ccc(C)c(N(CCCC(=O)N(Cc2ccc(Br)cc2)C(C)C(=O)NC(C)(C)C)S(C)(=O)=O)c1. The number of halogens is 1. The van der Waals surface area contributed by atoms with Crippen LogP contribution in [0.1, 0.15) is 57.2 Å². The van der Waals surface area contributed by atoms with Crippen LogP contribution in [0.5, 0.6) is 0 Å². The highest BCUT2D eigenvalue weighted by Gasteiger charge is 2.28. The molecule has 1 atom stereocenters. The molecule has 2 amide bonds. The zero-order valence-corrected chi connectivity index (χ0v) is 24.7. The number of aryl methyl sites for hydroxylation is 2. The Morgan fingerprint density at radius 3 is 2.22 bits per heavy atom. The van der Waals surface area contributed by atoms with Crippen LogP contribution in [0.25, 0.3) is 0 Å². The van der Waals surface area contributed by atoms with Crippen molar-refractivity contribution in [2.24, 2.45) is 0 Å². The summed E-state index contributed by atoms with van der Waals surface area (Å²) in [5.41, 5.74) is 2.89. The summed E-state index contributed by atoms with van der Waals surface area (Å²) in [5, 5.41) is 2.95. The molecule has 0 fully saturated rings. The van der Waals surface area contributed by atoms with E-state index in [4.69, 9.17) is 0 Å². The summed E-state index contributed by atoms with van der Waals surface area (Å²) in [5.74, 6) is -0.440.